The summed E-state index contributed by atoms with van der Waals surface area (Å²) in [6.07, 6.45) is 0. The number of rotatable bonds is 4. The van der Waals surface area contributed by atoms with Crippen molar-refractivity contribution in [3.63, 3.8) is 0 Å². The molecule has 2 N–H and O–H groups in total. The lowest BCUT2D eigenvalue weighted by atomic mass is 10.2. The molecule has 1 aromatic heterocycles. The van der Waals surface area contributed by atoms with Crippen molar-refractivity contribution in [2.24, 2.45) is 0 Å². The molecule has 6 nitrogen and oxygen atoms in total. The molecular weight excluding hydrogens is 359 g/mol. The van der Waals surface area contributed by atoms with Gasteiger partial charge in [-0.25, -0.2) is 0 Å². The molecule has 1 aliphatic rings. The summed E-state index contributed by atoms with van der Waals surface area (Å²) in [5, 5.41) is 10.6. The smallest absolute Gasteiger partial charge is 0.257 e. The highest BCUT2D eigenvalue weighted by Crippen LogP contribution is 2.21. The Labute approximate surface area is 149 Å². The van der Waals surface area contributed by atoms with Gasteiger partial charge in [0.25, 0.3) is 5.89 Å². The number of hydrogen-bond acceptors (Lipinski definition) is 6. The van der Waals surface area contributed by atoms with E-state index in [1.54, 1.807) is 23.9 Å². The van der Waals surface area contributed by atoms with Crippen molar-refractivity contribution in [3.8, 4) is 11.5 Å². The molecule has 1 aromatic carbocycles. The SMILES string of the molecule is CC(NC(=O)[C@H]1CSCN1)c1noc(-c2ccc(Cl)cc2)n1.Cl. The number of carbonyl (C=O) groups is 1. The maximum Gasteiger partial charge on any atom is 0.257 e. The van der Waals surface area contributed by atoms with E-state index in [0.29, 0.717) is 16.7 Å². The molecule has 0 spiro atoms. The first-order valence-corrected chi connectivity index (χ1v) is 8.38. The highest BCUT2D eigenvalue weighted by atomic mass is 35.5. The number of nitrogens with one attached hydrogen (secondary N) is 2. The van der Waals surface area contributed by atoms with Gasteiger partial charge in [-0.3, -0.25) is 10.1 Å². The number of aromatic nitrogens is 2. The molecule has 1 saturated heterocycles. The molecule has 0 radical (unpaired) electrons. The van der Waals surface area contributed by atoms with Crippen molar-refractivity contribution >= 4 is 41.7 Å². The number of amides is 1. The molecule has 1 amide bonds. The Morgan fingerprint density at radius 1 is 1.48 bits per heavy atom. The minimum Gasteiger partial charge on any atom is -0.345 e. The summed E-state index contributed by atoms with van der Waals surface area (Å²) < 4.78 is 5.24. The lowest BCUT2D eigenvalue weighted by Gasteiger charge is -2.13. The fraction of sp³-hybridized carbons (Fsp3) is 0.357. The number of thioether (sulfide) groups is 1. The fourth-order valence-corrected chi connectivity index (χ4v) is 3.13. The quantitative estimate of drug-likeness (QED) is 0.855. The van der Waals surface area contributed by atoms with Gasteiger partial charge in [0.2, 0.25) is 5.91 Å². The zero-order valence-electron chi connectivity index (χ0n) is 12.3. The lowest BCUT2D eigenvalue weighted by molar-refractivity contribution is -0.123. The van der Waals surface area contributed by atoms with E-state index in [9.17, 15) is 4.79 Å². The first-order valence-electron chi connectivity index (χ1n) is 6.84. The number of nitrogens with zero attached hydrogens (tertiary/aromatic N) is 2. The Kier molecular flexibility index (Phi) is 6.29. The van der Waals surface area contributed by atoms with Crippen LogP contribution in [0.25, 0.3) is 11.5 Å². The number of hydrogen-bond donors (Lipinski definition) is 2. The molecule has 0 saturated carbocycles. The molecule has 2 atom stereocenters. The number of carbonyl (C=O) groups excluding carboxylic acids is 1. The molecule has 1 unspecified atom stereocenters. The third kappa shape index (κ3) is 4.38. The minimum atomic E-state index is -0.315. The van der Waals surface area contributed by atoms with Crippen molar-refractivity contribution < 1.29 is 9.32 Å². The van der Waals surface area contributed by atoms with Crippen LogP contribution in [-0.4, -0.2) is 33.7 Å². The fourth-order valence-electron chi connectivity index (χ4n) is 2.06. The van der Waals surface area contributed by atoms with Gasteiger partial charge in [0.15, 0.2) is 5.82 Å². The van der Waals surface area contributed by atoms with Crippen LogP contribution in [0, 0.1) is 0 Å². The second kappa shape index (κ2) is 8.01. The van der Waals surface area contributed by atoms with Gasteiger partial charge in [0.1, 0.15) is 0 Å². The molecule has 3 rings (SSSR count). The second-order valence-corrected chi connectivity index (χ2v) is 6.43. The van der Waals surface area contributed by atoms with E-state index in [1.165, 1.54) is 0 Å². The minimum absolute atomic E-state index is 0. The van der Waals surface area contributed by atoms with Crippen LogP contribution in [0.5, 0.6) is 0 Å². The van der Waals surface area contributed by atoms with E-state index >= 15 is 0 Å². The van der Waals surface area contributed by atoms with Crippen LogP contribution < -0.4 is 10.6 Å². The zero-order chi connectivity index (χ0) is 15.5. The third-order valence-electron chi connectivity index (χ3n) is 3.31. The predicted molar refractivity (Wildman–Crippen MR) is 92.8 cm³/mol. The summed E-state index contributed by atoms with van der Waals surface area (Å²) in [6, 6.07) is 6.66. The van der Waals surface area contributed by atoms with Crippen molar-refractivity contribution in [2.45, 2.75) is 19.0 Å². The van der Waals surface area contributed by atoms with Crippen LogP contribution in [0.1, 0.15) is 18.8 Å². The van der Waals surface area contributed by atoms with E-state index in [0.717, 1.165) is 17.2 Å². The van der Waals surface area contributed by atoms with Crippen LogP contribution in [0.2, 0.25) is 5.02 Å². The maximum atomic E-state index is 12.1. The summed E-state index contributed by atoms with van der Waals surface area (Å²) in [4.78, 5) is 16.4. The van der Waals surface area contributed by atoms with Crippen LogP contribution in [0.15, 0.2) is 28.8 Å². The largest absolute Gasteiger partial charge is 0.345 e. The monoisotopic (exact) mass is 374 g/mol. The lowest BCUT2D eigenvalue weighted by Crippen LogP contribution is -2.43. The standard InChI is InChI=1S/C14H15ClN4O2S.ClH/c1-8(17-13(20)11-6-22-7-16-11)12-18-14(21-19-12)9-2-4-10(15)5-3-9;/h2-5,8,11,16H,6-7H2,1H3,(H,17,20);1H/t8?,11-;/m1./s1. The van der Waals surface area contributed by atoms with Crippen LogP contribution in [0.3, 0.4) is 0 Å². The molecule has 2 aromatic rings. The summed E-state index contributed by atoms with van der Waals surface area (Å²) in [6.45, 7) is 1.83. The van der Waals surface area contributed by atoms with Crippen LogP contribution in [-0.2, 0) is 4.79 Å². The Morgan fingerprint density at radius 3 is 2.87 bits per heavy atom. The van der Waals surface area contributed by atoms with Gasteiger partial charge in [-0.1, -0.05) is 16.8 Å². The van der Waals surface area contributed by atoms with Gasteiger partial charge in [0, 0.05) is 22.2 Å². The Hall–Kier alpha value is -1.28. The van der Waals surface area contributed by atoms with E-state index in [2.05, 4.69) is 20.8 Å². The van der Waals surface area contributed by atoms with Gasteiger partial charge >= 0.3 is 0 Å². The second-order valence-electron chi connectivity index (χ2n) is 4.97. The highest BCUT2D eigenvalue weighted by Gasteiger charge is 2.25. The van der Waals surface area contributed by atoms with Crippen molar-refractivity contribution in [2.75, 3.05) is 11.6 Å². The summed E-state index contributed by atoms with van der Waals surface area (Å²) >= 11 is 7.56. The Bertz CT molecular complexity index is 659. The van der Waals surface area contributed by atoms with Gasteiger partial charge < -0.3 is 9.84 Å². The first-order chi connectivity index (χ1) is 10.6. The molecule has 2 heterocycles. The van der Waals surface area contributed by atoms with E-state index in [-0.39, 0.29) is 30.4 Å². The van der Waals surface area contributed by atoms with Gasteiger partial charge in [0.05, 0.1) is 12.1 Å². The summed E-state index contributed by atoms with van der Waals surface area (Å²) in [5.74, 6) is 2.39. The van der Waals surface area contributed by atoms with Crippen molar-refractivity contribution in [1.82, 2.24) is 20.8 Å². The molecule has 23 heavy (non-hydrogen) atoms. The maximum absolute atomic E-state index is 12.1. The van der Waals surface area contributed by atoms with E-state index in [1.807, 2.05) is 19.1 Å². The molecule has 9 heteroatoms. The molecule has 1 fully saturated rings. The summed E-state index contributed by atoms with van der Waals surface area (Å²) in [5.41, 5.74) is 0.788. The van der Waals surface area contributed by atoms with E-state index < -0.39 is 0 Å². The predicted octanol–water partition coefficient (Wildman–Crippen LogP) is 2.65. The normalized spacial score (nSPS) is 18.3. The van der Waals surface area contributed by atoms with Gasteiger partial charge in [-0.05, 0) is 31.2 Å². The molecule has 0 bridgehead atoms. The molecule has 124 valence electrons. The molecule has 1 aliphatic heterocycles. The Balaban J connectivity index is 0.00000192. The van der Waals surface area contributed by atoms with Crippen LogP contribution >= 0.6 is 35.8 Å². The average Bonchev–Trinajstić information content (AvgIpc) is 3.20. The topological polar surface area (TPSA) is 80.0 Å². The van der Waals surface area contributed by atoms with Crippen LogP contribution in [0.4, 0.5) is 0 Å². The summed E-state index contributed by atoms with van der Waals surface area (Å²) in [7, 11) is 0. The zero-order valence-corrected chi connectivity index (χ0v) is 14.7. The Morgan fingerprint density at radius 2 is 2.22 bits per heavy atom. The average molecular weight is 375 g/mol. The van der Waals surface area contributed by atoms with Gasteiger partial charge in [-0.2, -0.15) is 4.98 Å². The van der Waals surface area contributed by atoms with Crippen molar-refractivity contribution in [3.05, 3.63) is 35.1 Å². The van der Waals surface area contributed by atoms with Gasteiger partial charge in [-0.15, -0.1) is 24.2 Å². The highest BCUT2D eigenvalue weighted by molar-refractivity contribution is 7.99. The number of halogens is 2. The van der Waals surface area contributed by atoms with Crippen molar-refractivity contribution in [1.29, 1.82) is 0 Å². The molecular formula is C14H16Cl2N4O2S. The third-order valence-corrected chi connectivity index (χ3v) is 4.50. The first kappa shape index (κ1) is 18.1. The number of benzene rings is 1. The van der Waals surface area contributed by atoms with E-state index in [4.69, 9.17) is 16.1 Å². The molecule has 0 aliphatic carbocycles.